The Labute approximate surface area is 119 Å². The molecule has 3 aliphatic rings. The van der Waals surface area contributed by atoms with Gasteiger partial charge in [-0.25, -0.2) is 4.79 Å². The highest BCUT2D eigenvalue weighted by Crippen LogP contribution is 2.87. The van der Waals surface area contributed by atoms with E-state index in [-0.39, 0.29) is 40.5 Å². The van der Waals surface area contributed by atoms with Crippen LogP contribution in [-0.2, 0) is 19.1 Å². The molecule has 0 aromatic heterocycles. The van der Waals surface area contributed by atoms with Gasteiger partial charge in [-0.2, -0.15) is 0 Å². The van der Waals surface area contributed by atoms with E-state index in [9.17, 15) is 9.59 Å². The highest BCUT2D eigenvalue weighted by molar-refractivity contribution is 5.94. The minimum atomic E-state index is -0.465. The SMILES string of the molecule is COC(=O)C1=C[C@@H]2C(C)(C)[C@]2(C(=O)OC)[C@H]2[C@@H]1C2(C)C. The summed E-state index contributed by atoms with van der Waals surface area (Å²) in [5.41, 5.74) is 0.0640. The lowest BCUT2D eigenvalue weighted by molar-refractivity contribution is -0.151. The first-order chi connectivity index (χ1) is 9.18. The predicted octanol–water partition coefficient (Wildman–Crippen LogP) is 2.19. The molecule has 0 unspecified atom stereocenters. The Balaban J connectivity index is 2.12. The van der Waals surface area contributed by atoms with Crippen molar-refractivity contribution in [2.24, 2.45) is 34.0 Å². The molecule has 0 amide bonds. The molecule has 3 rings (SSSR count). The average molecular weight is 278 g/mol. The van der Waals surface area contributed by atoms with Crippen molar-refractivity contribution in [1.82, 2.24) is 0 Å². The smallest absolute Gasteiger partial charge is 0.333 e. The maximum absolute atomic E-state index is 12.4. The summed E-state index contributed by atoms with van der Waals surface area (Å²) in [5, 5.41) is 0. The van der Waals surface area contributed by atoms with Gasteiger partial charge in [0, 0.05) is 17.4 Å². The van der Waals surface area contributed by atoms with Crippen LogP contribution in [0.5, 0.6) is 0 Å². The second-order valence-electron chi connectivity index (χ2n) is 7.45. The second-order valence-corrected chi connectivity index (χ2v) is 7.45. The number of fused-ring (bicyclic) bond motifs is 3. The minimum absolute atomic E-state index is 0.0588. The summed E-state index contributed by atoms with van der Waals surface area (Å²) in [4.78, 5) is 24.5. The number of methoxy groups -OCH3 is 2. The second kappa shape index (κ2) is 3.46. The first-order valence-electron chi connectivity index (χ1n) is 7.07. The topological polar surface area (TPSA) is 52.6 Å². The quantitative estimate of drug-likeness (QED) is 0.727. The fourth-order valence-corrected chi connectivity index (χ4v) is 5.12. The number of carbonyl (C=O) groups excluding carboxylic acids is 2. The molecule has 0 heterocycles. The largest absolute Gasteiger partial charge is 0.469 e. The van der Waals surface area contributed by atoms with Gasteiger partial charge >= 0.3 is 11.9 Å². The molecule has 0 bridgehead atoms. The summed E-state index contributed by atoms with van der Waals surface area (Å²) in [6.45, 7) is 8.44. The first kappa shape index (κ1) is 13.7. The Kier molecular flexibility index (Phi) is 2.37. The van der Waals surface area contributed by atoms with Crippen LogP contribution in [0.1, 0.15) is 27.7 Å². The lowest BCUT2D eigenvalue weighted by Gasteiger charge is -2.21. The predicted molar refractivity (Wildman–Crippen MR) is 72.6 cm³/mol. The van der Waals surface area contributed by atoms with E-state index in [0.29, 0.717) is 0 Å². The number of esters is 2. The zero-order valence-electron chi connectivity index (χ0n) is 12.9. The number of hydrogen-bond acceptors (Lipinski definition) is 4. The van der Waals surface area contributed by atoms with Crippen LogP contribution in [0.4, 0.5) is 0 Å². The molecule has 4 heteroatoms. The van der Waals surface area contributed by atoms with Gasteiger partial charge in [0.15, 0.2) is 0 Å². The molecule has 2 saturated carbocycles. The van der Waals surface area contributed by atoms with E-state index < -0.39 is 5.41 Å². The van der Waals surface area contributed by atoms with Crippen molar-refractivity contribution in [2.45, 2.75) is 27.7 Å². The molecular weight excluding hydrogens is 256 g/mol. The monoisotopic (exact) mass is 278 g/mol. The molecule has 4 nitrogen and oxygen atoms in total. The van der Waals surface area contributed by atoms with E-state index >= 15 is 0 Å². The number of carbonyl (C=O) groups is 2. The maximum atomic E-state index is 12.4. The van der Waals surface area contributed by atoms with Gasteiger partial charge in [0.2, 0.25) is 0 Å². The number of allylic oxidation sites excluding steroid dienone is 1. The zero-order chi connectivity index (χ0) is 15.1. The van der Waals surface area contributed by atoms with Crippen LogP contribution in [-0.4, -0.2) is 26.2 Å². The van der Waals surface area contributed by atoms with E-state index in [2.05, 4.69) is 27.7 Å². The standard InChI is InChI=1S/C16H22O4/c1-14(2)10-8(12(17)19-5)7-9-15(3,4)16(9,11(10)14)13(18)20-6/h7,9-11H,1-6H3/t9-,10-,11+,16+/m1/s1. The Bertz CT molecular complexity index is 543. The van der Waals surface area contributed by atoms with Crippen LogP contribution in [0.3, 0.4) is 0 Å². The van der Waals surface area contributed by atoms with E-state index in [1.165, 1.54) is 14.2 Å². The Morgan fingerprint density at radius 1 is 1.10 bits per heavy atom. The van der Waals surface area contributed by atoms with E-state index in [4.69, 9.17) is 9.47 Å². The van der Waals surface area contributed by atoms with Crippen LogP contribution in [0, 0.1) is 34.0 Å². The van der Waals surface area contributed by atoms with E-state index in [0.717, 1.165) is 5.57 Å². The summed E-state index contributed by atoms with van der Waals surface area (Å²) >= 11 is 0. The molecule has 0 spiro atoms. The molecule has 0 N–H and O–H groups in total. The lowest BCUT2D eigenvalue weighted by atomic mass is 9.84. The van der Waals surface area contributed by atoms with Crippen molar-refractivity contribution in [3.05, 3.63) is 11.6 Å². The number of rotatable bonds is 2. The van der Waals surface area contributed by atoms with Crippen LogP contribution < -0.4 is 0 Å². The third-order valence-corrected chi connectivity index (χ3v) is 6.19. The van der Waals surface area contributed by atoms with Crippen molar-refractivity contribution >= 4 is 11.9 Å². The van der Waals surface area contributed by atoms with E-state index in [1.54, 1.807) is 0 Å². The fraction of sp³-hybridized carbons (Fsp3) is 0.750. The molecule has 0 aliphatic heterocycles. The minimum Gasteiger partial charge on any atom is -0.469 e. The summed E-state index contributed by atoms with van der Waals surface area (Å²) in [5.74, 6) is -0.0480. The molecule has 4 atom stereocenters. The molecule has 0 aromatic carbocycles. The van der Waals surface area contributed by atoms with Gasteiger partial charge in [0.05, 0.1) is 19.6 Å². The fourth-order valence-electron chi connectivity index (χ4n) is 5.12. The molecule has 0 saturated heterocycles. The maximum Gasteiger partial charge on any atom is 0.333 e. The van der Waals surface area contributed by atoms with Gasteiger partial charge < -0.3 is 9.47 Å². The summed E-state index contributed by atoms with van der Waals surface area (Å²) in [7, 11) is 2.86. The highest BCUT2D eigenvalue weighted by Gasteiger charge is 2.88. The van der Waals surface area contributed by atoms with Gasteiger partial charge in [0.25, 0.3) is 0 Å². The van der Waals surface area contributed by atoms with Crippen LogP contribution in [0.2, 0.25) is 0 Å². The Morgan fingerprint density at radius 2 is 1.70 bits per heavy atom. The normalized spacial score (nSPS) is 41.7. The molecule has 3 aliphatic carbocycles. The van der Waals surface area contributed by atoms with Crippen molar-refractivity contribution in [3.8, 4) is 0 Å². The third kappa shape index (κ3) is 1.15. The lowest BCUT2D eigenvalue weighted by Crippen LogP contribution is -2.29. The van der Waals surface area contributed by atoms with Crippen molar-refractivity contribution in [1.29, 1.82) is 0 Å². The number of hydrogen-bond donors (Lipinski definition) is 0. The van der Waals surface area contributed by atoms with Crippen LogP contribution in [0.25, 0.3) is 0 Å². The van der Waals surface area contributed by atoms with Gasteiger partial charge in [-0.05, 0) is 16.7 Å². The molecule has 20 heavy (non-hydrogen) atoms. The van der Waals surface area contributed by atoms with Crippen molar-refractivity contribution in [2.75, 3.05) is 14.2 Å². The van der Waals surface area contributed by atoms with Gasteiger partial charge in [-0.3, -0.25) is 4.79 Å². The molecule has 0 aromatic rings. The van der Waals surface area contributed by atoms with Crippen molar-refractivity contribution < 1.29 is 19.1 Å². The Hall–Kier alpha value is -1.32. The average Bonchev–Trinajstić information content (AvgIpc) is 3.16. The number of ether oxygens (including phenoxy) is 2. The van der Waals surface area contributed by atoms with E-state index in [1.807, 2.05) is 6.08 Å². The van der Waals surface area contributed by atoms with Gasteiger partial charge in [-0.15, -0.1) is 0 Å². The Morgan fingerprint density at radius 3 is 2.20 bits per heavy atom. The molecule has 2 fully saturated rings. The summed E-state index contributed by atoms with van der Waals surface area (Å²) in [6.07, 6.45) is 1.97. The molecular formula is C16H22O4. The van der Waals surface area contributed by atoms with Crippen LogP contribution >= 0.6 is 0 Å². The van der Waals surface area contributed by atoms with Crippen molar-refractivity contribution in [3.63, 3.8) is 0 Å². The van der Waals surface area contributed by atoms with Gasteiger partial charge in [0.1, 0.15) is 0 Å². The third-order valence-electron chi connectivity index (χ3n) is 6.19. The molecule has 0 radical (unpaired) electrons. The summed E-state index contributed by atoms with van der Waals surface area (Å²) in [6, 6.07) is 0. The van der Waals surface area contributed by atoms with Gasteiger partial charge in [-0.1, -0.05) is 33.8 Å². The van der Waals surface area contributed by atoms with Crippen LogP contribution in [0.15, 0.2) is 11.6 Å². The summed E-state index contributed by atoms with van der Waals surface area (Å²) < 4.78 is 10.0. The first-order valence-corrected chi connectivity index (χ1v) is 7.07. The zero-order valence-corrected chi connectivity index (χ0v) is 12.9. The highest BCUT2D eigenvalue weighted by atomic mass is 16.5. The molecule has 110 valence electrons.